The molecule has 2 N–H and O–H groups in total. The number of nitrogens with zero attached hydrogens (tertiary/aromatic N) is 1. The van der Waals surface area contributed by atoms with Crippen molar-refractivity contribution in [2.75, 3.05) is 33.2 Å². The van der Waals surface area contributed by atoms with Gasteiger partial charge in [0.15, 0.2) is 0 Å². The van der Waals surface area contributed by atoms with Crippen LogP contribution in [-0.4, -0.2) is 44.2 Å². The molecule has 4 heteroatoms. The maximum Gasteiger partial charge on any atom is 0.317 e. The summed E-state index contributed by atoms with van der Waals surface area (Å²) in [6.07, 6.45) is 3.66. The summed E-state index contributed by atoms with van der Waals surface area (Å²) >= 11 is 0. The zero-order valence-corrected chi connectivity index (χ0v) is 9.88. The van der Waals surface area contributed by atoms with E-state index in [1.54, 1.807) is 4.90 Å². The molecule has 0 aromatic rings. The monoisotopic (exact) mass is 213 g/mol. The lowest BCUT2D eigenvalue weighted by molar-refractivity contribution is 0.209. The number of nitrogens with one attached hydrogen (secondary N) is 2. The number of rotatable bonds is 4. The lowest BCUT2D eigenvalue weighted by Gasteiger charge is -2.23. The van der Waals surface area contributed by atoms with Crippen LogP contribution in [0.15, 0.2) is 0 Å². The van der Waals surface area contributed by atoms with Gasteiger partial charge >= 0.3 is 6.03 Å². The van der Waals surface area contributed by atoms with E-state index in [1.165, 1.54) is 12.8 Å². The Labute approximate surface area is 92.4 Å². The van der Waals surface area contributed by atoms with Gasteiger partial charge < -0.3 is 15.5 Å². The number of hydrogen-bond acceptors (Lipinski definition) is 2. The SMILES string of the molecule is CCN(C)C(=O)NCCC1CCCNC1. The Hall–Kier alpha value is -0.770. The molecule has 0 spiro atoms. The van der Waals surface area contributed by atoms with E-state index in [0.717, 1.165) is 38.5 Å². The largest absolute Gasteiger partial charge is 0.338 e. The third kappa shape index (κ3) is 4.51. The molecule has 15 heavy (non-hydrogen) atoms. The molecule has 1 unspecified atom stereocenters. The van der Waals surface area contributed by atoms with Crippen molar-refractivity contribution >= 4 is 6.03 Å². The second-order valence-corrected chi connectivity index (χ2v) is 4.25. The van der Waals surface area contributed by atoms with Gasteiger partial charge in [0.2, 0.25) is 0 Å². The van der Waals surface area contributed by atoms with E-state index < -0.39 is 0 Å². The van der Waals surface area contributed by atoms with Gasteiger partial charge in [-0.15, -0.1) is 0 Å². The third-order valence-electron chi connectivity index (χ3n) is 3.05. The summed E-state index contributed by atoms with van der Waals surface area (Å²) in [6.45, 7) is 5.80. The fraction of sp³-hybridized carbons (Fsp3) is 0.909. The van der Waals surface area contributed by atoms with Crippen molar-refractivity contribution in [1.82, 2.24) is 15.5 Å². The smallest absolute Gasteiger partial charge is 0.317 e. The molecule has 0 aliphatic carbocycles. The van der Waals surface area contributed by atoms with Gasteiger partial charge in [-0.05, 0) is 45.2 Å². The Balaban J connectivity index is 2.07. The Bertz CT molecular complexity index is 190. The van der Waals surface area contributed by atoms with E-state index in [1.807, 2.05) is 14.0 Å². The zero-order chi connectivity index (χ0) is 11.1. The van der Waals surface area contributed by atoms with Crippen LogP contribution in [0.3, 0.4) is 0 Å². The molecule has 0 saturated carbocycles. The Morgan fingerprint density at radius 1 is 1.60 bits per heavy atom. The molecule has 0 bridgehead atoms. The molecule has 1 aliphatic rings. The number of carbonyl (C=O) groups excluding carboxylic acids is 1. The third-order valence-corrected chi connectivity index (χ3v) is 3.05. The molecule has 1 fully saturated rings. The highest BCUT2D eigenvalue weighted by molar-refractivity contribution is 5.73. The summed E-state index contributed by atoms with van der Waals surface area (Å²) < 4.78 is 0. The van der Waals surface area contributed by atoms with Crippen molar-refractivity contribution in [3.8, 4) is 0 Å². The summed E-state index contributed by atoms with van der Waals surface area (Å²) in [4.78, 5) is 13.1. The zero-order valence-electron chi connectivity index (χ0n) is 9.88. The average Bonchev–Trinajstić information content (AvgIpc) is 2.29. The Morgan fingerprint density at radius 2 is 2.40 bits per heavy atom. The van der Waals surface area contributed by atoms with Crippen molar-refractivity contribution < 1.29 is 4.79 Å². The van der Waals surface area contributed by atoms with Crippen LogP contribution in [0.1, 0.15) is 26.2 Å². The molecule has 4 nitrogen and oxygen atoms in total. The van der Waals surface area contributed by atoms with Crippen molar-refractivity contribution in [2.24, 2.45) is 5.92 Å². The molecule has 0 aromatic carbocycles. The van der Waals surface area contributed by atoms with Crippen molar-refractivity contribution in [2.45, 2.75) is 26.2 Å². The van der Waals surface area contributed by atoms with Crippen LogP contribution in [0, 0.1) is 5.92 Å². The average molecular weight is 213 g/mol. The van der Waals surface area contributed by atoms with Gasteiger partial charge in [0, 0.05) is 20.1 Å². The van der Waals surface area contributed by atoms with Crippen LogP contribution in [0.25, 0.3) is 0 Å². The normalized spacial score (nSPS) is 21.1. The molecular weight excluding hydrogens is 190 g/mol. The van der Waals surface area contributed by atoms with Crippen molar-refractivity contribution in [3.63, 3.8) is 0 Å². The number of piperidine rings is 1. The van der Waals surface area contributed by atoms with Crippen LogP contribution in [0.2, 0.25) is 0 Å². The van der Waals surface area contributed by atoms with E-state index in [-0.39, 0.29) is 6.03 Å². The number of amides is 2. The molecule has 1 saturated heterocycles. The van der Waals surface area contributed by atoms with Gasteiger partial charge in [0.25, 0.3) is 0 Å². The molecule has 0 radical (unpaired) electrons. The molecule has 0 aromatic heterocycles. The first-order chi connectivity index (χ1) is 7.24. The van der Waals surface area contributed by atoms with E-state index in [4.69, 9.17) is 0 Å². The highest BCUT2D eigenvalue weighted by Crippen LogP contribution is 2.12. The van der Waals surface area contributed by atoms with Gasteiger partial charge in [-0.1, -0.05) is 0 Å². The molecule has 88 valence electrons. The van der Waals surface area contributed by atoms with Crippen molar-refractivity contribution in [1.29, 1.82) is 0 Å². The minimum Gasteiger partial charge on any atom is -0.338 e. The summed E-state index contributed by atoms with van der Waals surface area (Å²) in [5.41, 5.74) is 0. The molecule has 1 atom stereocenters. The molecule has 1 rings (SSSR count). The number of urea groups is 1. The quantitative estimate of drug-likeness (QED) is 0.733. The first-order valence-electron chi connectivity index (χ1n) is 5.93. The summed E-state index contributed by atoms with van der Waals surface area (Å²) in [6, 6.07) is 0.0428. The standard InChI is InChI=1S/C11H23N3O/c1-3-14(2)11(15)13-8-6-10-5-4-7-12-9-10/h10,12H,3-9H2,1-2H3,(H,13,15). The summed E-state index contributed by atoms with van der Waals surface area (Å²) in [7, 11) is 1.82. The predicted octanol–water partition coefficient (Wildman–Crippen LogP) is 1.04. The lowest BCUT2D eigenvalue weighted by atomic mass is 9.96. The highest BCUT2D eigenvalue weighted by atomic mass is 16.2. The first kappa shape index (κ1) is 12.3. The molecule has 2 amide bonds. The van der Waals surface area contributed by atoms with Crippen molar-refractivity contribution in [3.05, 3.63) is 0 Å². The first-order valence-corrected chi connectivity index (χ1v) is 5.93. The maximum absolute atomic E-state index is 11.4. The van der Waals surface area contributed by atoms with E-state index in [0.29, 0.717) is 0 Å². The second kappa shape index (κ2) is 6.67. The second-order valence-electron chi connectivity index (χ2n) is 4.25. The highest BCUT2D eigenvalue weighted by Gasteiger charge is 2.13. The van der Waals surface area contributed by atoms with Crippen LogP contribution >= 0.6 is 0 Å². The summed E-state index contributed by atoms with van der Waals surface area (Å²) in [5.74, 6) is 0.742. The molecule has 1 aliphatic heterocycles. The maximum atomic E-state index is 11.4. The topological polar surface area (TPSA) is 44.4 Å². The minimum absolute atomic E-state index is 0.0428. The number of hydrogen-bond donors (Lipinski definition) is 2. The lowest BCUT2D eigenvalue weighted by Crippen LogP contribution is -2.39. The Morgan fingerprint density at radius 3 is 3.00 bits per heavy atom. The van der Waals surface area contributed by atoms with E-state index >= 15 is 0 Å². The predicted molar refractivity (Wildman–Crippen MR) is 61.9 cm³/mol. The van der Waals surface area contributed by atoms with Crippen LogP contribution in [-0.2, 0) is 0 Å². The molecule has 1 heterocycles. The molecular formula is C11H23N3O. The fourth-order valence-electron chi connectivity index (χ4n) is 1.83. The van der Waals surface area contributed by atoms with E-state index in [9.17, 15) is 4.79 Å². The Kier molecular flexibility index (Phi) is 5.47. The summed E-state index contributed by atoms with van der Waals surface area (Å²) in [5, 5.41) is 6.32. The number of carbonyl (C=O) groups is 1. The van der Waals surface area contributed by atoms with E-state index in [2.05, 4.69) is 10.6 Å². The minimum atomic E-state index is 0.0428. The van der Waals surface area contributed by atoms with Gasteiger partial charge in [-0.2, -0.15) is 0 Å². The van der Waals surface area contributed by atoms with Gasteiger partial charge in [-0.3, -0.25) is 0 Å². The van der Waals surface area contributed by atoms with Crippen LogP contribution in [0.5, 0.6) is 0 Å². The van der Waals surface area contributed by atoms with Crippen LogP contribution in [0.4, 0.5) is 4.79 Å². The fourth-order valence-corrected chi connectivity index (χ4v) is 1.83. The van der Waals surface area contributed by atoms with Crippen LogP contribution < -0.4 is 10.6 Å². The van der Waals surface area contributed by atoms with Gasteiger partial charge in [-0.25, -0.2) is 4.79 Å². The van der Waals surface area contributed by atoms with Gasteiger partial charge in [0.1, 0.15) is 0 Å². The van der Waals surface area contributed by atoms with Gasteiger partial charge in [0.05, 0.1) is 0 Å².